The van der Waals surface area contributed by atoms with Crippen molar-refractivity contribution < 1.29 is 0 Å². The molecule has 1 fully saturated rings. The molecule has 0 atom stereocenters. The van der Waals surface area contributed by atoms with Crippen LogP contribution in [0.4, 0.5) is 0 Å². The van der Waals surface area contributed by atoms with Crippen molar-refractivity contribution in [1.82, 2.24) is 10.2 Å². The van der Waals surface area contributed by atoms with Crippen LogP contribution in [-0.4, -0.2) is 31.6 Å². The van der Waals surface area contributed by atoms with Gasteiger partial charge in [0.05, 0.1) is 0 Å². The molecule has 0 spiro atoms. The first kappa shape index (κ1) is 16.1. The molecule has 0 aromatic heterocycles. The minimum Gasteiger partial charge on any atom is -0.388 e. The molecule has 0 aliphatic carbocycles. The summed E-state index contributed by atoms with van der Waals surface area (Å²) in [7, 11) is 1.93. The largest absolute Gasteiger partial charge is 0.388 e. The molecule has 0 unspecified atom stereocenters. The number of benzene rings is 1. The molecule has 1 aliphatic heterocycles. The first-order valence-electron chi connectivity index (χ1n) is 8.39. The van der Waals surface area contributed by atoms with Crippen molar-refractivity contribution in [3.8, 4) is 0 Å². The highest BCUT2D eigenvalue weighted by atomic mass is 15.1. The molecule has 2 heteroatoms. The standard InChI is InChI=1S/C19H30N2/c1-16-15-18(10-11-19(16)17(2)20-3)9-5-8-14-21-12-6-4-7-13-21/h10-11,15,20H,2,4-9,12-14H2,1,3H3. The topological polar surface area (TPSA) is 15.3 Å². The maximum Gasteiger partial charge on any atom is 0.0340 e. The lowest BCUT2D eigenvalue weighted by Gasteiger charge is -2.26. The van der Waals surface area contributed by atoms with E-state index in [-0.39, 0.29) is 0 Å². The fourth-order valence-corrected chi connectivity index (χ4v) is 3.20. The van der Waals surface area contributed by atoms with Crippen molar-refractivity contribution in [3.05, 3.63) is 41.5 Å². The molecule has 1 saturated heterocycles. The van der Waals surface area contributed by atoms with Gasteiger partial charge in [-0.2, -0.15) is 0 Å². The van der Waals surface area contributed by atoms with Crippen molar-refractivity contribution in [2.75, 3.05) is 26.7 Å². The third-order valence-electron chi connectivity index (χ3n) is 4.56. The van der Waals surface area contributed by atoms with Crippen LogP contribution in [0.15, 0.2) is 24.8 Å². The highest BCUT2D eigenvalue weighted by Crippen LogP contribution is 2.18. The summed E-state index contributed by atoms with van der Waals surface area (Å²) >= 11 is 0. The van der Waals surface area contributed by atoms with Crippen molar-refractivity contribution in [2.24, 2.45) is 0 Å². The van der Waals surface area contributed by atoms with E-state index in [4.69, 9.17) is 0 Å². The van der Waals surface area contributed by atoms with Crippen molar-refractivity contribution >= 4 is 5.70 Å². The van der Waals surface area contributed by atoms with E-state index in [9.17, 15) is 0 Å². The summed E-state index contributed by atoms with van der Waals surface area (Å²) < 4.78 is 0. The molecule has 116 valence electrons. The van der Waals surface area contributed by atoms with Gasteiger partial charge in [-0.1, -0.05) is 31.2 Å². The van der Waals surface area contributed by atoms with Crippen LogP contribution < -0.4 is 5.32 Å². The number of hydrogen-bond acceptors (Lipinski definition) is 2. The fraction of sp³-hybridized carbons (Fsp3) is 0.579. The monoisotopic (exact) mass is 286 g/mol. The Kier molecular flexibility index (Phi) is 6.31. The second-order valence-electron chi connectivity index (χ2n) is 6.24. The lowest BCUT2D eigenvalue weighted by atomic mass is 10.00. The van der Waals surface area contributed by atoms with Gasteiger partial charge in [0.1, 0.15) is 0 Å². The maximum atomic E-state index is 4.04. The van der Waals surface area contributed by atoms with Crippen LogP contribution in [0.3, 0.4) is 0 Å². The SMILES string of the molecule is C=C(NC)c1ccc(CCCCN2CCCCC2)cc1C. The van der Waals surface area contributed by atoms with Crippen LogP contribution in [0.1, 0.15) is 48.8 Å². The van der Waals surface area contributed by atoms with E-state index in [2.05, 4.69) is 41.9 Å². The molecule has 1 aromatic rings. The van der Waals surface area contributed by atoms with E-state index in [1.165, 1.54) is 74.8 Å². The normalized spacial score (nSPS) is 15.9. The number of piperidine rings is 1. The summed E-state index contributed by atoms with van der Waals surface area (Å²) in [6, 6.07) is 6.78. The number of hydrogen-bond donors (Lipinski definition) is 1. The Labute approximate surface area is 130 Å². The summed E-state index contributed by atoms with van der Waals surface area (Å²) in [6.07, 6.45) is 8.04. The molecular formula is C19H30N2. The van der Waals surface area contributed by atoms with Gasteiger partial charge in [0.25, 0.3) is 0 Å². The van der Waals surface area contributed by atoms with Gasteiger partial charge in [-0.3, -0.25) is 0 Å². The number of nitrogens with one attached hydrogen (secondary N) is 1. The molecule has 0 saturated carbocycles. The summed E-state index contributed by atoms with van der Waals surface area (Å²) in [4.78, 5) is 2.63. The molecule has 1 heterocycles. The van der Waals surface area contributed by atoms with Gasteiger partial charge < -0.3 is 10.2 Å². The predicted octanol–water partition coefficient (Wildman–Crippen LogP) is 3.99. The molecule has 2 rings (SSSR count). The van der Waals surface area contributed by atoms with E-state index >= 15 is 0 Å². The van der Waals surface area contributed by atoms with Crippen molar-refractivity contribution in [1.29, 1.82) is 0 Å². The van der Waals surface area contributed by atoms with E-state index in [1.54, 1.807) is 0 Å². The van der Waals surface area contributed by atoms with Crippen molar-refractivity contribution in [3.63, 3.8) is 0 Å². The summed E-state index contributed by atoms with van der Waals surface area (Å²) in [6.45, 7) is 10.1. The van der Waals surface area contributed by atoms with Crippen LogP contribution in [-0.2, 0) is 6.42 Å². The quantitative estimate of drug-likeness (QED) is 0.762. The van der Waals surface area contributed by atoms with Crippen LogP contribution >= 0.6 is 0 Å². The second kappa shape index (κ2) is 8.23. The predicted molar refractivity (Wildman–Crippen MR) is 92.5 cm³/mol. The number of nitrogens with zero attached hydrogens (tertiary/aromatic N) is 1. The Morgan fingerprint density at radius 1 is 1.19 bits per heavy atom. The van der Waals surface area contributed by atoms with Gasteiger partial charge in [-0.05, 0) is 75.4 Å². The molecular weight excluding hydrogens is 256 g/mol. The summed E-state index contributed by atoms with van der Waals surface area (Å²) in [5.74, 6) is 0. The minimum absolute atomic E-state index is 1.00. The van der Waals surface area contributed by atoms with Gasteiger partial charge in [-0.25, -0.2) is 0 Å². The van der Waals surface area contributed by atoms with E-state index in [0.29, 0.717) is 0 Å². The summed E-state index contributed by atoms with van der Waals surface area (Å²) in [5.41, 5.74) is 5.01. The van der Waals surface area contributed by atoms with Crippen LogP contribution in [0.25, 0.3) is 5.70 Å². The Morgan fingerprint density at radius 3 is 2.62 bits per heavy atom. The highest BCUT2D eigenvalue weighted by molar-refractivity contribution is 5.64. The molecule has 0 radical (unpaired) electrons. The van der Waals surface area contributed by atoms with Gasteiger partial charge in [0.15, 0.2) is 0 Å². The molecule has 1 N–H and O–H groups in total. The number of likely N-dealkylation sites (tertiary alicyclic amines) is 1. The second-order valence-corrected chi connectivity index (χ2v) is 6.24. The Hall–Kier alpha value is -1.28. The number of rotatable bonds is 7. The lowest BCUT2D eigenvalue weighted by Crippen LogP contribution is -2.30. The average molecular weight is 286 g/mol. The lowest BCUT2D eigenvalue weighted by molar-refractivity contribution is 0.225. The molecule has 2 nitrogen and oxygen atoms in total. The molecule has 21 heavy (non-hydrogen) atoms. The minimum atomic E-state index is 1.00. The van der Waals surface area contributed by atoms with Crippen LogP contribution in [0.5, 0.6) is 0 Å². The van der Waals surface area contributed by atoms with Gasteiger partial charge >= 0.3 is 0 Å². The highest BCUT2D eigenvalue weighted by Gasteiger charge is 2.09. The molecule has 0 bridgehead atoms. The zero-order chi connectivity index (χ0) is 15.1. The number of aryl methyl sites for hydroxylation is 2. The van der Waals surface area contributed by atoms with Gasteiger partial charge in [0.2, 0.25) is 0 Å². The molecule has 1 aromatic carbocycles. The van der Waals surface area contributed by atoms with E-state index in [1.807, 2.05) is 7.05 Å². The zero-order valence-electron chi connectivity index (χ0n) is 13.8. The fourth-order valence-electron chi connectivity index (χ4n) is 3.20. The smallest absolute Gasteiger partial charge is 0.0340 e. The molecule has 1 aliphatic rings. The Balaban J connectivity index is 1.75. The Morgan fingerprint density at radius 2 is 1.95 bits per heavy atom. The van der Waals surface area contributed by atoms with Gasteiger partial charge in [0, 0.05) is 12.7 Å². The first-order valence-corrected chi connectivity index (χ1v) is 8.39. The van der Waals surface area contributed by atoms with Crippen molar-refractivity contribution in [2.45, 2.75) is 45.4 Å². The average Bonchev–Trinajstić information content (AvgIpc) is 2.52. The molecule has 0 amide bonds. The van der Waals surface area contributed by atoms with Crippen LogP contribution in [0, 0.1) is 6.92 Å². The Bertz CT molecular complexity index is 459. The number of unbranched alkanes of at least 4 members (excludes halogenated alkanes) is 1. The first-order chi connectivity index (χ1) is 10.2. The summed E-state index contributed by atoms with van der Waals surface area (Å²) in [5, 5.41) is 3.13. The third kappa shape index (κ3) is 4.89. The van der Waals surface area contributed by atoms with Crippen LogP contribution in [0.2, 0.25) is 0 Å². The maximum absolute atomic E-state index is 4.04. The third-order valence-corrected chi connectivity index (χ3v) is 4.56. The van der Waals surface area contributed by atoms with E-state index in [0.717, 1.165) is 5.70 Å². The van der Waals surface area contributed by atoms with E-state index < -0.39 is 0 Å². The zero-order valence-corrected chi connectivity index (χ0v) is 13.8. The van der Waals surface area contributed by atoms with Gasteiger partial charge in [-0.15, -0.1) is 0 Å².